The molecule has 20 heteroatoms. The summed E-state index contributed by atoms with van der Waals surface area (Å²) in [4.78, 5) is 69.1. The number of hydrogen-bond acceptors (Lipinski definition) is 10. The van der Waals surface area contributed by atoms with E-state index in [0.29, 0.717) is 66.3 Å². The van der Waals surface area contributed by atoms with Crippen LogP contribution < -0.4 is 20.3 Å². The average molecular weight is 892 g/mol. The van der Waals surface area contributed by atoms with Gasteiger partial charge in [0, 0.05) is 74.6 Å². The fourth-order valence-electron chi connectivity index (χ4n) is 9.75. The Balaban J connectivity index is 0.754. The Bertz CT molecular complexity index is 2520. The minimum absolute atomic E-state index is 0.0134. The number of piperazine rings is 1. The summed E-state index contributed by atoms with van der Waals surface area (Å²) in [7, 11) is 1.44. The lowest BCUT2D eigenvalue weighted by Crippen LogP contribution is -2.62. The van der Waals surface area contributed by atoms with Crippen LogP contribution >= 0.6 is 0 Å². The Morgan fingerprint density at radius 1 is 0.891 bits per heavy atom. The maximum atomic E-state index is 15.9. The number of fused-ring (bicyclic) bond motifs is 2. The van der Waals surface area contributed by atoms with Crippen LogP contribution in [0.3, 0.4) is 0 Å². The molecule has 3 aromatic carbocycles. The number of urea groups is 1. The van der Waals surface area contributed by atoms with Crippen LogP contribution in [0.25, 0.3) is 10.9 Å². The minimum atomic E-state index is -4.58. The molecule has 1 saturated carbocycles. The number of benzene rings is 3. The van der Waals surface area contributed by atoms with Crippen LogP contribution in [0.4, 0.5) is 38.1 Å². The molecule has 4 fully saturated rings. The van der Waals surface area contributed by atoms with Gasteiger partial charge in [-0.15, -0.1) is 0 Å². The number of imide groups is 2. The van der Waals surface area contributed by atoms with E-state index in [1.54, 1.807) is 18.2 Å². The monoisotopic (exact) mass is 891 g/mol. The fourth-order valence-corrected chi connectivity index (χ4v) is 9.75. The molecule has 0 bridgehead atoms. The molecule has 15 nitrogen and oxygen atoms in total. The van der Waals surface area contributed by atoms with Crippen LogP contribution in [0, 0.1) is 5.92 Å². The summed E-state index contributed by atoms with van der Waals surface area (Å²) in [6.45, 7) is 2.89. The fraction of sp³-hybridized carbons (Fsp3) is 0.455. The van der Waals surface area contributed by atoms with Crippen molar-refractivity contribution in [1.82, 2.24) is 34.9 Å². The average Bonchev–Trinajstić information content (AvgIpc) is 3.80. The topological polar surface area (TPSA) is 153 Å². The van der Waals surface area contributed by atoms with Gasteiger partial charge < -0.3 is 19.9 Å². The highest BCUT2D eigenvalue weighted by atomic mass is 19.4. The highest BCUT2D eigenvalue weighted by molar-refractivity contribution is 6.22. The van der Waals surface area contributed by atoms with Gasteiger partial charge in [0.2, 0.25) is 5.91 Å². The smallest absolute Gasteiger partial charge is 0.416 e. The van der Waals surface area contributed by atoms with Gasteiger partial charge in [0.15, 0.2) is 0 Å². The molecule has 0 radical (unpaired) electrons. The van der Waals surface area contributed by atoms with Crippen LogP contribution in [-0.4, -0.2) is 131 Å². The number of carbonyl (C=O) groups is 5. The van der Waals surface area contributed by atoms with Gasteiger partial charge in [0.1, 0.15) is 5.75 Å². The summed E-state index contributed by atoms with van der Waals surface area (Å²) in [5, 5.41) is 11.9. The van der Waals surface area contributed by atoms with E-state index >= 15 is 8.78 Å². The van der Waals surface area contributed by atoms with Crippen molar-refractivity contribution in [3.63, 3.8) is 0 Å². The van der Waals surface area contributed by atoms with E-state index < -0.39 is 59.9 Å². The van der Waals surface area contributed by atoms with E-state index in [1.165, 1.54) is 36.3 Å². The number of hydrogen-bond donors (Lipinski definition) is 2. The number of anilines is 2. The zero-order chi connectivity index (χ0) is 45.1. The number of amides is 6. The summed E-state index contributed by atoms with van der Waals surface area (Å²) in [5.41, 5.74) is 0.364. The molecular weight excluding hydrogens is 846 g/mol. The van der Waals surface area contributed by atoms with E-state index in [0.717, 1.165) is 54.8 Å². The molecule has 1 aromatic heterocycles. The van der Waals surface area contributed by atoms with Crippen LogP contribution in [0.2, 0.25) is 0 Å². The zero-order valence-corrected chi connectivity index (χ0v) is 34.9. The second-order valence-corrected chi connectivity index (χ2v) is 17.1. The standard InChI is InChI=1S/C44H46F5N9O6/c1-64-36-22-34-28(20-35(36)50-39(60)27-3-2-4-29(19-27)44(47,48)49)24-56(52-34)30-7-5-26(6-8-30)23-53-15-17-54(18-16-53)37-11-13-55(25-43(37,45)46)31-9-10-32-33(21-31)41(62)58(40(32)61)57-14-12-38(59)51-42(57)63/h2-4,9-10,19-22,24,26,30,37H,5-8,11-18,23,25H2,1H3,(H,50,60)(H,51,59,63)/t26?,30?,37-/m1/s1. The van der Waals surface area contributed by atoms with Crippen molar-refractivity contribution in [3.8, 4) is 5.75 Å². The zero-order valence-electron chi connectivity index (χ0n) is 34.9. The lowest BCUT2D eigenvalue weighted by Gasteiger charge is -2.47. The first-order chi connectivity index (χ1) is 30.6. The van der Waals surface area contributed by atoms with Crippen molar-refractivity contribution in [3.05, 3.63) is 83.0 Å². The van der Waals surface area contributed by atoms with E-state index in [9.17, 15) is 37.1 Å². The first kappa shape index (κ1) is 43.1. The Labute approximate surface area is 364 Å². The molecule has 338 valence electrons. The number of aromatic nitrogens is 2. The van der Waals surface area contributed by atoms with Gasteiger partial charge >= 0.3 is 12.2 Å². The number of ether oxygens (including phenoxy) is 1. The van der Waals surface area contributed by atoms with Crippen molar-refractivity contribution in [2.45, 2.75) is 62.7 Å². The molecule has 6 amide bonds. The molecule has 64 heavy (non-hydrogen) atoms. The van der Waals surface area contributed by atoms with Crippen molar-refractivity contribution in [2.75, 3.05) is 69.7 Å². The van der Waals surface area contributed by atoms with Gasteiger partial charge in [-0.25, -0.2) is 18.6 Å². The third-order valence-electron chi connectivity index (χ3n) is 13.1. The second-order valence-electron chi connectivity index (χ2n) is 17.1. The number of hydrazine groups is 1. The van der Waals surface area contributed by atoms with Gasteiger partial charge in [-0.3, -0.25) is 34.1 Å². The van der Waals surface area contributed by atoms with Crippen molar-refractivity contribution in [2.24, 2.45) is 5.92 Å². The molecule has 5 aliphatic rings. The van der Waals surface area contributed by atoms with E-state index in [1.807, 2.05) is 15.8 Å². The summed E-state index contributed by atoms with van der Waals surface area (Å²) >= 11 is 0. The summed E-state index contributed by atoms with van der Waals surface area (Å²) in [6.07, 6.45) is 1.18. The third-order valence-corrected chi connectivity index (χ3v) is 13.1. The summed E-state index contributed by atoms with van der Waals surface area (Å²) < 4.78 is 79.1. The molecule has 0 unspecified atom stereocenters. The number of alkyl halides is 5. The van der Waals surface area contributed by atoms with Crippen molar-refractivity contribution < 1.29 is 50.7 Å². The number of methoxy groups -OCH3 is 1. The van der Waals surface area contributed by atoms with Crippen molar-refractivity contribution >= 4 is 51.9 Å². The number of nitrogens with one attached hydrogen (secondary N) is 2. The number of halogens is 5. The van der Waals surface area contributed by atoms with Crippen LogP contribution in [0.1, 0.15) is 81.2 Å². The van der Waals surface area contributed by atoms with E-state index in [-0.39, 0.29) is 42.1 Å². The highest BCUT2D eigenvalue weighted by Crippen LogP contribution is 2.39. The molecule has 4 aliphatic heterocycles. The van der Waals surface area contributed by atoms with E-state index in [4.69, 9.17) is 9.84 Å². The third kappa shape index (κ3) is 8.35. The van der Waals surface area contributed by atoms with Crippen LogP contribution in [0.5, 0.6) is 5.75 Å². The number of carbonyl (C=O) groups excluding carboxylic acids is 5. The molecule has 4 aromatic rings. The Kier molecular flexibility index (Phi) is 11.3. The lowest BCUT2D eigenvalue weighted by atomic mass is 9.85. The van der Waals surface area contributed by atoms with Crippen molar-refractivity contribution in [1.29, 1.82) is 0 Å². The second kappa shape index (κ2) is 16.8. The lowest BCUT2D eigenvalue weighted by molar-refractivity contribution is -0.137. The SMILES string of the molecule is COc1cc2nn(C3CCC(CN4CCN([C@@H]5CCN(c6ccc7c(c6)C(=O)N(N6CCC(=O)NC6=O)C7=O)CC5(F)F)CC4)CC3)cc2cc1NC(=O)c1cccc(C(F)(F)F)c1. The van der Waals surface area contributed by atoms with E-state index in [2.05, 4.69) is 15.5 Å². The highest BCUT2D eigenvalue weighted by Gasteiger charge is 2.49. The van der Waals surface area contributed by atoms with Gasteiger partial charge in [-0.2, -0.15) is 23.3 Å². The summed E-state index contributed by atoms with van der Waals surface area (Å²) in [6, 6.07) is 10.3. The molecule has 9 rings (SSSR count). The van der Waals surface area contributed by atoms with Crippen LogP contribution in [0.15, 0.2) is 60.8 Å². The predicted octanol–water partition coefficient (Wildman–Crippen LogP) is 6.03. The first-order valence-electron chi connectivity index (χ1n) is 21.3. The number of nitrogens with zero attached hydrogens (tertiary/aromatic N) is 7. The Morgan fingerprint density at radius 2 is 1.64 bits per heavy atom. The molecule has 1 aliphatic carbocycles. The van der Waals surface area contributed by atoms with Gasteiger partial charge in [-0.1, -0.05) is 6.07 Å². The normalized spacial score (nSPS) is 23.4. The molecule has 3 saturated heterocycles. The summed E-state index contributed by atoms with van der Waals surface area (Å²) in [5.74, 6) is -4.97. The quantitative estimate of drug-likeness (QED) is 0.151. The molecule has 0 spiro atoms. The Morgan fingerprint density at radius 3 is 2.34 bits per heavy atom. The first-order valence-corrected chi connectivity index (χ1v) is 21.3. The maximum absolute atomic E-state index is 15.9. The minimum Gasteiger partial charge on any atom is -0.494 e. The van der Waals surface area contributed by atoms with Gasteiger partial charge in [0.25, 0.3) is 23.6 Å². The molecule has 2 N–H and O–H groups in total. The van der Waals surface area contributed by atoms with Gasteiger partial charge in [0.05, 0.1) is 60.2 Å². The molecule has 5 heterocycles. The molecular formula is C44H46F5N9O6. The Hall–Kier alpha value is -6.15. The number of rotatable bonds is 9. The predicted molar refractivity (Wildman–Crippen MR) is 222 cm³/mol. The maximum Gasteiger partial charge on any atom is 0.416 e. The molecule has 1 atom stereocenters. The van der Waals surface area contributed by atoms with Gasteiger partial charge in [-0.05, 0) is 80.5 Å². The number of piperidine rings is 1. The van der Waals surface area contributed by atoms with Crippen LogP contribution in [-0.2, 0) is 11.0 Å². The largest absolute Gasteiger partial charge is 0.494 e.